The zero-order valence-corrected chi connectivity index (χ0v) is 14.2. The number of hydrogen-bond donors (Lipinski definition) is 1. The van der Waals surface area contributed by atoms with Gasteiger partial charge in [0.25, 0.3) is 0 Å². The van der Waals surface area contributed by atoms with E-state index in [1.54, 1.807) is 11.3 Å². The average Bonchev–Trinajstić information content (AvgIpc) is 2.87. The molecule has 1 aromatic heterocycles. The molecule has 0 radical (unpaired) electrons. The van der Waals surface area contributed by atoms with Crippen molar-refractivity contribution in [3.63, 3.8) is 0 Å². The van der Waals surface area contributed by atoms with Gasteiger partial charge in [-0.05, 0) is 31.5 Å². The lowest BCUT2D eigenvalue weighted by Gasteiger charge is -2.23. The van der Waals surface area contributed by atoms with Crippen LogP contribution in [0.1, 0.15) is 30.1 Å². The SMILES string of the molecule is CC(C)N(CC(=O)O)Cc1csc(Cc2ccc(Cl)cc2)n1. The number of benzene rings is 1. The zero-order chi connectivity index (χ0) is 16.1. The van der Waals surface area contributed by atoms with E-state index in [-0.39, 0.29) is 12.6 Å². The number of hydrogen-bond acceptors (Lipinski definition) is 4. The van der Waals surface area contributed by atoms with Gasteiger partial charge in [-0.3, -0.25) is 9.69 Å². The fourth-order valence-corrected chi connectivity index (χ4v) is 3.03. The van der Waals surface area contributed by atoms with E-state index in [0.29, 0.717) is 6.54 Å². The van der Waals surface area contributed by atoms with Crippen molar-refractivity contribution in [2.45, 2.75) is 32.9 Å². The Morgan fingerprint density at radius 2 is 2.05 bits per heavy atom. The molecule has 22 heavy (non-hydrogen) atoms. The lowest BCUT2D eigenvalue weighted by molar-refractivity contribution is -0.138. The Kier molecular flexibility index (Phi) is 5.94. The van der Waals surface area contributed by atoms with E-state index in [0.717, 1.165) is 27.7 Å². The van der Waals surface area contributed by atoms with Gasteiger partial charge in [-0.2, -0.15) is 0 Å². The van der Waals surface area contributed by atoms with Gasteiger partial charge in [-0.1, -0.05) is 23.7 Å². The molecule has 0 fully saturated rings. The van der Waals surface area contributed by atoms with Crippen LogP contribution in [-0.4, -0.2) is 33.5 Å². The lowest BCUT2D eigenvalue weighted by atomic mass is 10.2. The van der Waals surface area contributed by atoms with Crippen molar-refractivity contribution in [1.29, 1.82) is 0 Å². The fourth-order valence-electron chi connectivity index (χ4n) is 2.08. The third-order valence-corrected chi connectivity index (χ3v) is 4.45. The smallest absolute Gasteiger partial charge is 0.317 e. The highest BCUT2D eigenvalue weighted by Gasteiger charge is 2.15. The van der Waals surface area contributed by atoms with Crippen molar-refractivity contribution in [2.75, 3.05) is 6.54 Å². The summed E-state index contributed by atoms with van der Waals surface area (Å²) in [6.07, 6.45) is 0.766. The minimum atomic E-state index is -0.815. The van der Waals surface area contributed by atoms with Crippen molar-refractivity contribution in [2.24, 2.45) is 0 Å². The summed E-state index contributed by atoms with van der Waals surface area (Å²) in [6.45, 7) is 4.57. The van der Waals surface area contributed by atoms with Gasteiger partial charge in [0.2, 0.25) is 0 Å². The van der Waals surface area contributed by atoms with Gasteiger partial charge in [0.05, 0.1) is 17.2 Å². The van der Waals surface area contributed by atoms with Crippen LogP contribution in [0.25, 0.3) is 0 Å². The third-order valence-electron chi connectivity index (χ3n) is 3.30. The zero-order valence-electron chi connectivity index (χ0n) is 12.6. The maximum Gasteiger partial charge on any atom is 0.317 e. The molecule has 0 unspecified atom stereocenters. The number of aromatic nitrogens is 1. The number of halogens is 1. The first kappa shape index (κ1) is 16.9. The van der Waals surface area contributed by atoms with E-state index in [9.17, 15) is 4.79 Å². The lowest BCUT2D eigenvalue weighted by Crippen LogP contribution is -2.35. The molecule has 1 N–H and O–H groups in total. The second-order valence-electron chi connectivity index (χ2n) is 5.43. The van der Waals surface area contributed by atoms with E-state index in [1.165, 1.54) is 0 Å². The van der Waals surface area contributed by atoms with Crippen LogP contribution in [0.5, 0.6) is 0 Å². The summed E-state index contributed by atoms with van der Waals surface area (Å²) in [5, 5.41) is 12.7. The van der Waals surface area contributed by atoms with E-state index in [2.05, 4.69) is 4.98 Å². The molecular weight excluding hydrogens is 320 g/mol. The van der Waals surface area contributed by atoms with Crippen molar-refractivity contribution in [3.05, 3.63) is 50.9 Å². The number of carbonyl (C=O) groups is 1. The number of carboxylic acids is 1. The first-order valence-corrected chi connectivity index (χ1v) is 8.33. The van der Waals surface area contributed by atoms with E-state index in [4.69, 9.17) is 16.7 Å². The molecule has 6 heteroatoms. The summed E-state index contributed by atoms with van der Waals surface area (Å²) in [5.41, 5.74) is 2.08. The Balaban J connectivity index is 2.01. The predicted octanol–water partition coefficient (Wildman–Crippen LogP) is 3.68. The number of nitrogens with zero attached hydrogens (tertiary/aromatic N) is 2. The van der Waals surface area contributed by atoms with Gasteiger partial charge in [0.15, 0.2) is 0 Å². The van der Waals surface area contributed by atoms with E-state index < -0.39 is 5.97 Å². The fraction of sp³-hybridized carbons (Fsp3) is 0.375. The van der Waals surface area contributed by atoms with Gasteiger partial charge in [0, 0.05) is 29.4 Å². The molecule has 1 heterocycles. The molecule has 0 amide bonds. The Bertz CT molecular complexity index is 625. The Morgan fingerprint density at radius 3 is 2.64 bits per heavy atom. The minimum Gasteiger partial charge on any atom is -0.480 e. The number of aliphatic carboxylic acids is 1. The van der Waals surface area contributed by atoms with Gasteiger partial charge >= 0.3 is 5.97 Å². The van der Waals surface area contributed by atoms with Gasteiger partial charge in [-0.15, -0.1) is 11.3 Å². The third kappa shape index (κ3) is 5.09. The highest BCUT2D eigenvalue weighted by molar-refractivity contribution is 7.09. The summed E-state index contributed by atoms with van der Waals surface area (Å²) in [6, 6.07) is 7.90. The topological polar surface area (TPSA) is 53.4 Å². The van der Waals surface area contributed by atoms with E-state index >= 15 is 0 Å². The maximum atomic E-state index is 10.9. The largest absolute Gasteiger partial charge is 0.480 e. The highest BCUT2D eigenvalue weighted by atomic mass is 35.5. The first-order chi connectivity index (χ1) is 10.4. The molecule has 1 aromatic carbocycles. The van der Waals surface area contributed by atoms with Crippen LogP contribution in [0, 0.1) is 0 Å². The minimum absolute atomic E-state index is 0.0295. The second-order valence-corrected chi connectivity index (χ2v) is 6.81. The molecule has 0 saturated carbocycles. The molecular formula is C16H19ClN2O2S. The average molecular weight is 339 g/mol. The second kappa shape index (κ2) is 7.72. The molecule has 0 atom stereocenters. The molecule has 118 valence electrons. The highest BCUT2D eigenvalue weighted by Crippen LogP contribution is 2.18. The summed E-state index contributed by atoms with van der Waals surface area (Å²) in [7, 11) is 0. The predicted molar refractivity (Wildman–Crippen MR) is 89.6 cm³/mol. The summed E-state index contributed by atoms with van der Waals surface area (Å²) in [4.78, 5) is 17.4. The molecule has 2 rings (SSSR count). The van der Waals surface area contributed by atoms with Gasteiger partial charge in [-0.25, -0.2) is 4.98 Å². The normalized spacial score (nSPS) is 11.3. The van der Waals surface area contributed by atoms with Crippen LogP contribution in [0.2, 0.25) is 5.02 Å². The van der Waals surface area contributed by atoms with Crippen LogP contribution < -0.4 is 0 Å². The molecule has 0 saturated heterocycles. The van der Waals surface area contributed by atoms with Crippen LogP contribution in [-0.2, 0) is 17.8 Å². The molecule has 0 spiro atoms. The summed E-state index contributed by atoms with van der Waals surface area (Å²) < 4.78 is 0. The van der Waals surface area contributed by atoms with Crippen molar-refractivity contribution >= 4 is 28.9 Å². The summed E-state index contributed by atoms with van der Waals surface area (Å²) in [5.74, 6) is -0.815. The Hall–Kier alpha value is -1.43. The standard InChI is InChI=1S/C16H19ClN2O2S/c1-11(2)19(9-16(20)21)8-14-10-22-15(18-14)7-12-3-5-13(17)6-4-12/h3-6,10-11H,7-9H2,1-2H3,(H,20,21). The van der Waals surface area contributed by atoms with Crippen LogP contribution in [0.3, 0.4) is 0 Å². The van der Waals surface area contributed by atoms with Crippen LogP contribution in [0.4, 0.5) is 0 Å². The number of carboxylic acid groups (broad SMARTS) is 1. The number of thiazole rings is 1. The summed E-state index contributed by atoms with van der Waals surface area (Å²) >= 11 is 7.48. The quantitative estimate of drug-likeness (QED) is 0.836. The molecule has 2 aromatic rings. The Labute approximate surface area is 139 Å². The van der Waals surface area contributed by atoms with Crippen molar-refractivity contribution < 1.29 is 9.90 Å². The van der Waals surface area contributed by atoms with Gasteiger partial charge < -0.3 is 5.11 Å². The van der Waals surface area contributed by atoms with Crippen molar-refractivity contribution in [3.8, 4) is 0 Å². The van der Waals surface area contributed by atoms with Crippen LogP contribution >= 0.6 is 22.9 Å². The first-order valence-electron chi connectivity index (χ1n) is 7.07. The molecule has 0 aliphatic carbocycles. The number of rotatable bonds is 7. The Morgan fingerprint density at radius 1 is 1.36 bits per heavy atom. The molecule has 0 aliphatic rings. The van der Waals surface area contributed by atoms with E-state index in [1.807, 2.05) is 48.4 Å². The molecule has 0 bridgehead atoms. The van der Waals surface area contributed by atoms with Crippen molar-refractivity contribution in [1.82, 2.24) is 9.88 Å². The molecule has 0 aliphatic heterocycles. The van der Waals surface area contributed by atoms with Gasteiger partial charge in [0.1, 0.15) is 0 Å². The monoisotopic (exact) mass is 338 g/mol. The molecule has 4 nitrogen and oxygen atoms in total. The maximum absolute atomic E-state index is 10.9. The van der Waals surface area contributed by atoms with Crippen LogP contribution in [0.15, 0.2) is 29.6 Å².